The highest BCUT2D eigenvalue weighted by atomic mass is 14.9. The lowest BCUT2D eigenvalue weighted by Gasteiger charge is -2.20. The Balaban J connectivity index is 1.54. The van der Waals surface area contributed by atoms with E-state index in [4.69, 9.17) is 0 Å². The summed E-state index contributed by atoms with van der Waals surface area (Å²) in [4.78, 5) is 0. The summed E-state index contributed by atoms with van der Waals surface area (Å²) in [6.45, 7) is 3.43. The number of rotatable bonds is 5. The van der Waals surface area contributed by atoms with E-state index < -0.39 is 0 Å². The number of hydrogen-bond acceptors (Lipinski definition) is 1. The van der Waals surface area contributed by atoms with Crippen molar-refractivity contribution >= 4 is 0 Å². The average Bonchev–Trinajstić information content (AvgIpc) is 3.11. The van der Waals surface area contributed by atoms with Crippen molar-refractivity contribution in [2.75, 3.05) is 6.54 Å². The normalized spacial score (nSPS) is 27.6. The first-order valence-electron chi connectivity index (χ1n) is 7.60. The van der Waals surface area contributed by atoms with Crippen LogP contribution in [-0.2, 0) is 6.42 Å². The molecule has 3 rings (SSSR count). The van der Waals surface area contributed by atoms with Crippen molar-refractivity contribution in [2.24, 2.45) is 11.8 Å². The van der Waals surface area contributed by atoms with Crippen molar-refractivity contribution in [3.05, 3.63) is 35.4 Å². The number of hydrogen-bond donors (Lipinski definition) is 1. The minimum absolute atomic E-state index is 0.866. The molecule has 1 aromatic carbocycles. The summed E-state index contributed by atoms with van der Waals surface area (Å²) < 4.78 is 0. The molecule has 98 valence electrons. The minimum Gasteiger partial charge on any atom is -0.314 e. The molecule has 0 saturated heterocycles. The first-order valence-corrected chi connectivity index (χ1v) is 7.60. The number of aryl methyl sites for hydroxylation is 1. The SMILES string of the molecule is Cc1ccc(CC2CCCC2CNC2CC2)cc1. The molecule has 0 aromatic heterocycles. The van der Waals surface area contributed by atoms with Crippen molar-refractivity contribution in [1.82, 2.24) is 5.32 Å². The zero-order valence-electron chi connectivity index (χ0n) is 11.5. The van der Waals surface area contributed by atoms with E-state index in [0.29, 0.717) is 0 Å². The molecule has 1 heteroatoms. The van der Waals surface area contributed by atoms with Crippen LogP contribution in [0.2, 0.25) is 0 Å². The average molecular weight is 243 g/mol. The van der Waals surface area contributed by atoms with Crippen LogP contribution in [0.4, 0.5) is 0 Å². The molecule has 0 radical (unpaired) electrons. The van der Waals surface area contributed by atoms with Crippen LogP contribution in [0, 0.1) is 18.8 Å². The van der Waals surface area contributed by atoms with Crippen molar-refractivity contribution in [3.63, 3.8) is 0 Å². The molecule has 1 nitrogen and oxygen atoms in total. The molecule has 2 fully saturated rings. The maximum absolute atomic E-state index is 3.72. The lowest BCUT2D eigenvalue weighted by Crippen LogP contribution is -2.27. The van der Waals surface area contributed by atoms with Crippen LogP contribution in [0.25, 0.3) is 0 Å². The standard InChI is InChI=1S/C17H25N/c1-13-5-7-14(8-6-13)11-15-3-2-4-16(15)12-18-17-9-10-17/h5-8,15-18H,2-4,9-12H2,1H3. The summed E-state index contributed by atoms with van der Waals surface area (Å²) in [5.74, 6) is 1.84. The predicted molar refractivity (Wildman–Crippen MR) is 76.7 cm³/mol. The van der Waals surface area contributed by atoms with Crippen molar-refractivity contribution < 1.29 is 0 Å². The molecule has 1 N–H and O–H groups in total. The molecule has 2 unspecified atom stereocenters. The fourth-order valence-corrected chi connectivity index (χ4v) is 3.28. The summed E-state index contributed by atoms with van der Waals surface area (Å²) in [6, 6.07) is 10.0. The Morgan fingerprint density at radius 1 is 1.00 bits per heavy atom. The summed E-state index contributed by atoms with van der Waals surface area (Å²) >= 11 is 0. The third-order valence-corrected chi connectivity index (χ3v) is 4.68. The lowest BCUT2D eigenvalue weighted by atomic mass is 9.89. The Kier molecular flexibility index (Phi) is 3.69. The second kappa shape index (κ2) is 5.44. The Morgan fingerprint density at radius 3 is 2.44 bits per heavy atom. The maximum Gasteiger partial charge on any atom is 0.00683 e. The third-order valence-electron chi connectivity index (χ3n) is 4.68. The van der Waals surface area contributed by atoms with E-state index in [1.165, 1.54) is 56.2 Å². The predicted octanol–water partition coefficient (Wildman–Crippen LogP) is 3.71. The zero-order chi connectivity index (χ0) is 12.4. The first-order chi connectivity index (χ1) is 8.81. The van der Waals surface area contributed by atoms with Gasteiger partial charge in [-0.25, -0.2) is 0 Å². The second-order valence-electron chi connectivity index (χ2n) is 6.32. The van der Waals surface area contributed by atoms with Gasteiger partial charge in [0.2, 0.25) is 0 Å². The smallest absolute Gasteiger partial charge is 0.00683 e. The van der Waals surface area contributed by atoms with Crippen LogP contribution in [0.3, 0.4) is 0 Å². The van der Waals surface area contributed by atoms with Crippen LogP contribution < -0.4 is 5.32 Å². The monoisotopic (exact) mass is 243 g/mol. The molecule has 0 heterocycles. The van der Waals surface area contributed by atoms with Crippen LogP contribution >= 0.6 is 0 Å². The summed E-state index contributed by atoms with van der Waals surface area (Å²) in [5.41, 5.74) is 2.90. The van der Waals surface area contributed by atoms with Gasteiger partial charge < -0.3 is 5.32 Å². The highest BCUT2D eigenvalue weighted by molar-refractivity contribution is 5.21. The van der Waals surface area contributed by atoms with Crippen LogP contribution in [0.15, 0.2) is 24.3 Å². The summed E-state index contributed by atoms with van der Waals surface area (Å²) in [5, 5.41) is 3.72. The van der Waals surface area contributed by atoms with Gasteiger partial charge in [-0.3, -0.25) is 0 Å². The molecular weight excluding hydrogens is 218 g/mol. The fourth-order valence-electron chi connectivity index (χ4n) is 3.28. The van der Waals surface area contributed by atoms with Gasteiger partial charge in [0.25, 0.3) is 0 Å². The zero-order valence-corrected chi connectivity index (χ0v) is 11.5. The molecule has 0 spiro atoms. The lowest BCUT2D eigenvalue weighted by molar-refractivity contribution is 0.364. The van der Waals surface area contributed by atoms with E-state index in [0.717, 1.165) is 17.9 Å². The fraction of sp³-hybridized carbons (Fsp3) is 0.647. The summed E-state index contributed by atoms with van der Waals surface area (Å²) in [6.07, 6.45) is 8.43. The van der Waals surface area contributed by atoms with E-state index in [1.807, 2.05) is 0 Å². The minimum atomic E-state index is 0.866. The first kappa shape index (κ1) is 12.2. The molecule has 2 atom stereocenters. The van der Waals surface area contributed by atoms with Gasteiger partial charge in [-0.05, 0) is 63.0 Å². The molecule has 0 aliphatic heterocycles. The van der Waals surface area contributed by atoms with E-state index in [1.54, 1.807) is 0 Å². The van der Waals surface area contributed by atoms with Crippen molar-refractivity contribution in [3.8, 4) is 0 Å². The van der Waals surface area contributed by atoms with Gasteiger partial charge in [-0.15, -0.1) is 0 Å². The van der Waals surface area contributed by atoms with Gasteiger partial charge in [-0.1, -0.05) is 36.2 Å². The highest BCUT2D eigenvalue weighted by Gasteiger charge is 2.29. The molecule has 2 saturated carbocycles. The Bertz CT molecular complexity index is 377. The second-order valence-corrected chi connectivity index (χ2v) is 6.32. The van der Waals surface area contributed by atoms with Gasteiger partial charge >= 0.3 is 0 Å². The molecule has 2 aliphatic rings. The van der Waals surface area contributed by atoms with Gasteiger partial charge in [0, 0.05) is 6.04 Å². The number of nitrogens with one attached hydrogen (secondary N) is 1. The van der Waals surface area contributed by atoms with E-state index >= 15 is 0 Å². The van der Waals surface area contributed by atoms with Crippen LogP contribution in [0.1, 0.15) is 43.2 Å². The molecule has 1 aromatic rings. The third kappa shape index (κ3) is 3.14. The number of benzene rings is 1. The highest BCUT2D eigenvalue weighted by Crippen LogP contribution is 2.34. The topological polar surface area (TPSA) is 12.0 Å². The van der Waals surface area contributed by atoms with Crippen LogP contribution in [0.5, 0.6) is 0 Å². The van der Waals surface area contributed by atoms with Gasteiger partial charge in [0.05, 0.1) is 0 Å². The van der Waals surface area contributed by atoms with Crippen molar-refractivity contribution in [2.45, 2.75) is 51.5 Å². The molecule has 2 aliphatic carbocycles. The molecule has 0 amide bonds. The molecule has 0 bridgehead atoms. The van der Waals surface area contributed by atoms with E-state index in [2.05, 4.69) is 36.5 Å². The Hall–Kier alpha value is -0.820. The Labute approximate surface area is 111 Å². The van der Waals surface area contributed by atoms with Gasteiger partial charge in [-0.2, -0.15) is 0 Å². The van der Waals surface area contributed by atoms with E-state index in [-0.39, 0.29) is 0 Å². The van der Waals surface area contributed by atoms with Gasteiger partial charge in [0.15, 0.2) is 0 Å². The summed E-state index contributed by atoms with van der Waals surface area (Å²) in [7, 11) is 0. The molecular formula is C17H25N. The van der Waals surface area contributed by atoms with Crippen molar-refractivity contribution in [1.29, 1.82) is 0 Å². The van der Waals surface area contributed by atoms with Crippen LogP contribution in [-0.4, -0.2) is 12.6 Å². The molecule has 18 heavy (non-hydrogen) atoms. The Morgan fingerprint density at radius 2 is 1.72 bits per heavy atom. The quantitative estimate of drug-likeness (QED) is 0.831. The maximum atomic E-state index is 3.72. The van der Waals surface area contributed by atoms with Gasteiger partial charge in [0.1, 0.15) is 0 Å². The van der Waals surface area contributed by atoms with E-state index in [9.17, 15) is 0 Å². The largest absolute Gasteiger partial charge is 0.314 e.